The third-order valence-corrected chi connectivity index (χ3v) is 3.59. The summed E-state index contributed by atoms with van der Waals surface area (Å²) >= 11 is 11.9. The molecule has 2 rings (SSSR count). The second-order valence-electron chi connectivity index (χ2n) is 4.36. The van der Waals surface area contributed by atoms with Crippen molar-refractivity contribution in [1.29, 1.82) is 0 Å². The van der Waals surface area contributed by atoms with Gasteiger partial charge in [-0.2, -0.15) is 0 Å². The summed E-state index contributed by atoms with van der Waals surface area (Å²) < 4.78 is 1.10. The number of hydrogen-bond acceptors (Lipinski definition) is 3. The minimum absolute atomic E-state index is 0.338. The maximum Gasteiger partial charge on any atom is 0.342 e. The molecular weight excluding hydrogens is 319 g/mol. The van der Waals surface area contributed by atoms with E-state index in [1.165, 1.54) is 6.07 Å². The van der Waals surface area contributed by atoms with E-state index in [1.54, 1.807) is 19.1 Å². The highest BCUT2D eigenvalue weighted by Gasteiger charge is 2.17. The summed E-state index contributed by atoms with van der Waals surface area (Å²) in [6, 6.07) is 4.18. The van der Waals surface area contributed by atoms with Gasteiger partial charge in [0.2, 0.25) is 0 Å². The van der Waals surface area contributed by atoms with Gasteiger partial charge in [0.15, 0.2) is 0 Å². The molecule has 1 atom stereocenters. The second kappa shape index (κ2) is 5.75. The Morgan fingerprint density at radius 1 is 1.33 bits per heavy atom. The maximum absolute atomic E-state index is 11.9. The first-order chi connectivity index (χ1) is 9.81. The number of aromatic nitrogens is 2. The van der Waals surface area contributed by atoms with Gasteiger partial charge in [-0.3, -0.25) is 14.3 Å². The van der Waals surface area contributed by atoms with Crippen LogP contribution < -0.4 is 11.2 Å². The summed E-state index contributed by atoms with van der Waals surface area (Å²) in [7, 11) is 0. The van der Waals surface area contributed by atoms with E-state index < -0.39 is 28.8 Å². The van der Waals surface area contributed by atoms with Gasteiger partial charge in [0.1, 0.15) is 5.56 Å². The number of H-pyrrole nitrogens is 1. The Kier molecular flexibility index (Phi) is 4.20. The molecule has 1 unspecified atom stereocenters. The standard InChI is InChI=1S/C13H10Cl2N2O4/c1-6(8-3-2-7(14)4-10(8)15)17-5-9(12(19)20)11(18)16-13(17)21/h2-6H,1H3,(H,19,20)(H,16,18,21). The van der Waals surface area contributed by atoms with E-state index in [2.05, 4.69) is 0 Å². The molecule has 21 heavy (non-hydrogen) atoms. The minimum atomic E-state index is -1.42. The van der Waals surface area contributed by atoms with Crippen molar-refractivity contribution in [1.82, 2.24) is 9.55 Å². The number of nitrogens with one attached hydrogen (secondary N) is 1. The predicted molar refractivity (Wildman–Crippen MR) is 78.6 cm³/mol. The Bertz CT molecular complexity index is 826. The van der Waals surface area contributed by atoms with E-state index >= 15 is 0 Å². The van der Waals surface area contributed by atoms with Crippen LogP contribution in [0.4, 0.5) is 0 Å². The zero-order valence-electron chi connectivity index (χ0n) is 10.8. The van der Waals surface area contributed by atoms with Crippen LogP contribution in [0.2, 0.25) is 10.0 Å². The molecule has 1 heterocycles. The fourth-order valence-corrected chi connectivity index (χ4v) is 2.48. The van der Waals surface area contributed by atoms with Gasteiger partial charge in [-0.15, -0.1) is 0 Å². The molecule has 0 amide bonds. The van der Waals surface area contributed by atoms with E-state index in [0.29, 0.717) is 15.6 Å². The van der Waals surface area contributed by atoms with E-state index in [4.69, 9.17) is 28.3 Å². The van der Waals surface area contributed by atoms with Crippen LogP contribution in [-0.4, -0.2) is 20.6 Å². The lowest BCUT2D eigenvalue weighted by Gasteiger charge is -2.17. The number of nitrogens with zero attached hydrogens (tertiary/aromatic N) is 1. The highest BCUT2D eigenvalue weighted by molar-refractivity contribution is 6.35. The van der Waals surface area contributed by atoms with E-state index in [-0.39, 0.29) is 0 Å². The second-order valence-corrected chi connectivity index (χ2v) is 5.20. The normalized spacial score (nSPS) is 12.1. The Morgan fingerprint density at radius 3 is 2.57 bits per heavy atom. The molecule has 0 aliphatic rings. The number of aromatic carboxylic acids is 1. The lowest BCUT2D eigenvalue weighted by molar-refractivity contribution is 0.0693. The number of carbonyl (C=O) groups is 1. The van der Waals surface area contributed by atoms with Gasteiger partial charge in [-0.1, -0.05) is 29.3 Å². The highest BCUT2D eigenvalue weighted by atomic mass is 35.5. The van der Waals surface area contributed by atoms with Gasteiger partial charge in [-0.05, 0) is 24.6 Å². The monoisotopic (exact) mass is 328 g/mol. The molecule has 8 heteroatoms. The van der Waals surface area contributed by atoms with Crippen LogP contribution in [0.1, 0.15) is 28.9 Å². The van der Waals surface area contributed by atoms with Crippen LogP contribution in [0.5, 0.6) is 0 Å². The Morgan fingerprint density at radius 2 is 2.00 bits per heavy atom. The molecule has 110 valence electrons. The third-order valence-electron chi connectivity index (χ3n) is 3.03. The molecule has 0 aliphatic heterocycles. The Labute approximate surface area is 128 Å². The number of carboxylic acids is 1. The number of hydrogen-bond donors (Lipinski definition) is 2. The number of rotatable bonds is 3. The predicted octanol–water partition coefficient (Wildman–Crippen LogP) is 2.15. The number of halogens is 2. The Balaban J connectivity index is 2.60. The fourth-order valence-electron chi connectivity index (χ4n) is 1.92. The van der Waals surface area contributed by atoms with Crippen LogP contribution >= 0.6 is 23.2 Å². The number of carboxylic acid groups (broad SMARTS) is 1. The summed E-state index contributed by atoms with van der Waals surface area (Å²) in [5.74, 6) is -1.42. The molecule has 0 bridgehead atoms. The number of aromatic amines is 1. The molecule has 0 saturated heterocycles. The van der Waals surface area contributed by atoms with E-state index in [9.17, 15) is 14.4 Å². The molecule has 2 N–H and O–H groups in total. The summed E-state index contributed by atoms with van der Waals surface area (Å²) in [6.07, 6.45) is 0.999. The van der Waals surface area contributed by atoms with E-state index in [0.717, 1.165) is 10.8 Å². The zero-order chi connectivity index (χ0) is 15.7. The van der Waals surface area contributed by atoms with Crippen molar-refractivity contribution in [3.8, 4) is 0 Å². The van der Waals surface area contributed by atoms with Crippen LogP contribution in [0.3, 0.4) is 0 Å². The first-order valence-electron chi connectivity index (χ1n) is 5.85. The molecule has 0 spiro atoms. The fraction of sp³-hybridized carbons (Fsp3) is 0.154. The lowest BCUT2D eigenvalue weighted by atomic mass is 10.1. The van der Waals surface area contributed by atoms with Crippen LogP contribution in [0.25, 0.3) is 0 Å². The van der Waals surface area contributed by atoms with Crippen molar-refractivity contribution in [2.24, 2.45) is 0 Å². The first-order valence-corrected chi connectivity index (χ1v) is 6.60. The molecule has 0 radical (unpaired) electrons. The summed E-state index contributed by atoms with van der Waals surface area (Å²) in [4.78, 5) is 36.2. The van der Waals surface area contributed by atoms with Crippen LogP contribution in [0, 0.1) is 0 Å². The van der Waals surface area contributed by atoms with Gasteiger partial charge in [-0.25, -0.2) is 9.59 Å². The Hall–Kier alpha value is -2.05. The highest BCUT2D eigenvalue weighted by Crippen LogP contribution is 2.27. The van der Waals surface area contributed by atoms with Gasteiger partial charge in [0, 0.05) is 16.2 Å². The molecule has 6 nitrogen and oxygen atoms in total. The SMILES string of the molecule is CC(c1ccc(Cl)cc1Cl)n1cc(C(=O)O)c(=O)[nH]c1=O. The first kappa shape index (κ1) is 15.3. The zero-order valence-corrected chi connectivity index (χ0v) is 12.3. The molecule has 0 fully saturated rings. The molecule has 1 aromatic carbocycles. The van der Waals surface area contributed by atoms with Crippen LogP contribution in [0.15, 0.2) is 34.0 Å². The van der Waals surface area contributed by atoms with Gasteiger partial charge in [0.05, 0.1) is 6.04 Å². The minimum Gasteiger partial charge on any atom is -0.477 e. The average molecular weight is 329 g/mol. The van der Waals surface area contributed by atoms with Crippen molar-refractivity contribution < 1.29 is 9.90 Å². The number of benzene rings is 1. The van der Waals surface area contributed by atoms with Crippen molar-refractivity contribution in [2.75, 3.05) is 0 Å². The smallest absolute Gasteiger partial charge is 0.342 e. The third kappa shape index (κ3) is 3.01. The topological polar surface area (TPSA) is 92.2 Å². The van der Waals surface area contributed by atoms with Crippen LogP contribution in [-0.2, 0) is 0 Å². The van der Waals surface area contributed by atoms with Gasteiger partial charge >= 0.3 is 11.7 Å². The van der Waals surface area contributed by atoms with Crippen molar-refractivity contribution in [3.63, 3.8) is 0 Å². The molecular formula is C13H10Cl2N2O4. The lowest BCUT2D eigenvalue weighted by Crippen LogP contribution is -2.35. The van der Waals surface area contributed by atoms with Crippen molar-refractivity contribution >= 4 is 29.2 Å². The van der Waals surface area contributed by atoms with Gasteiger partial charge in [0.25, 0.3) is 5.56 Å². The average Bonchev–Trinajstić information content (AvgIpc) is 2.37. The van der Waals surface area contributed by atoms with Gasteiger partial charge < -0.3 is 5.11 Å². The summed E-state index contributed by atoms with van der Waals surface area (Å²) in [6.45, 7) is 1.65. The largest absolute Gasteiger partial charge is 0.477 e. The molecule has 1 aromatic heterocycles. The van der Waals surface area contributed by atoms with E-state index in [1.807, 2.05) is 4.98 Å². The summed E-state index contributed by atoms with van der Waals surface area (Å²) in [5.41, 5.74) is -1.61. The van der Waals surface area contributed by atoms with Crippen molar-refractivity contribution in [3.05, 3.63) is 66.4 Å². The maximum atomic E-state index is 11.9. The van der Waals surface area contributed by atoms with Crippen molar-refractivity contribution in [2.45, 2.75) is 13.0 Å². The molecule has 0 saturated carbocycles. The summed E-state index contributed by atoms with van der Waals surface area (Å²) in [5, 5.41) is 9.72. The quantitative estimate of drug-likeness (QED) is 0.902. The molecule has 0 aliphatic carbocycles. The molecule has 2 aromatic rings.